The highest BCUT2D eigenvalue weighted by Crippen LogP contribution is 2.44. The van der Waals surface area contributed by atoms with Crippen LogP contribution in [0.2, 0.25) is 0 Å². The quantitative estimate of drug-likeness (QED) is 0.230. The molecular formula is C39H27N4O-. The van der Waals surface area contributed by atoms with Gasteiger partial charge in [0.05, 0.1) is 16.4 Å². The van der Waals surface area contributed by atoms with Crippen molar-refractivity contribution in [1.29, 1.82) is 0 Å². The largest absolute Gasteiger partial charge is 0.613 e. The van der Waals surface area contributed by atoms with E-state index in [2.05, 4.69) is 119 Å². The maximum Gasteiger partial charge on any atom is 0.145 e. The zero-order valence-electron chi connectivity index (χ0n) is 23.8. The van der Waals surface area contributed by atoms with Crippen molar-refractivity contribution in [2.45, 2.75) is 12.3 Å². The van der Waals surface area contributed by atoms with Gasteiger partial charge >= 0.3 is 0 Å². The fourth-order valence-corrected chi connectivity index (χ4v) is 6.60. The number of aromatic nitrogens is 1. The summed E-state index contributed by atoms with van der Waals surface area (Å²) in [6.07, 6.45) is -0.689. The summed E-state index contributed by atoms with van der Waals surface area (Å²) in [5.74, 6) is 0.820. The second-order valence-electron chi connectivity index (χ2n) is 11.2. The molecule has 0 fully saturated rings. The number of hydrogen-bond acceptors (Lipinski definition) is 3. The molecule has 6 aromatic carbocycles. The van der Waals surface area contributed by atoms with Gasteiger partial charge in [-0.1, -0.05) is 115 Å². The van der Waals surface area contributed by atoms with E-state index in [9.17, 15) is 0 Å². The van der Waals surface area contributed by atoms with Gasteiger partial charge in [-0.05, 0) is 53.8 Å². The smallest absolute Gasteiger partial charge is 0.145 e. The van der Waals surface area contributed by atoms with Crippen LogP contribution in [0.3, 0.4) is 0 Å². The molecule has 2 unspecified atom stereocenters. The standard InChI is InChI=1S/C39H27N4O/c1-4-13-25(14-5-1)37-40-38(26-15-6-2-7-16-26)42-39(41-37)31-21-12-20-28-29-23-24-33-34(36(29)44-35(28)31)30-19-10-11-22-32(30)43(33)27-17-8-3-9-18-27/h1-24,37,39H,(H,40,42)/q-1. The first kappa shape index (κ1) is 24.9. The third-order valence-electron chi connectivity index (χ3n) is 8.60. The van der Waals surface area contributed by atoms with Crippen LogP contribution < -0.4 is 5.32 Å². The summed E-state index contributed by atoms with van der Waals surface area (Å²) >= 11 is 0. The fraction of sp³-hybridized carbons (Fsp3) is 0.0513. The molecule has 3 heterocycles. The minimum atomic E-state index is -0.349. The molecule has 210 valence electrons. The van der Waals surface area contributed by atoms with Gasteiger partial charge in [0.25, 0.3) is 0 Å². The summed E-state index contributed by atoms with van der Waals surface area (Å²) in [5, 5.41) is 13.3. The van der Waals surface area contributed by atoms with Crippen LogP contribution in [-0.4, -0.2) is 10.4 Å². The van der Waals surface area contributed by atoms with Crippen LogP contribution in [0.25, 0.3) is 54.7 Å². The number of amidine groups is 1. The Hall–Kier alpha value is -5.65. The highest BCUT2D eigenvalue weighted by Gasteiger charge is 2.23. The van der Waals surface area contributed by atoms with E-state index < -0.39 is 0 Å². The van der Waals surface area contributed by atoms with Crippen LogP contribution in [-0.2, 0) is 0 Å². The van der Waals surface area contributed by atoms with Crippen LogP contribution in [0, 0.1) is 0 Å². The molecule has 0 radical (unpaired) electrons. The Morgan fingerprint density at radius 3 is 2.09 bits per heavy atom. The van der Waals surface area contributed by atoms with Crippen LogP contribution >= 0.6 is 0 Å². The van der Waals surface area contributed by atoms with Gasteiger partial charge in [0, 0.05) is 27.4 Å². The first-order valence-corrected chi connectivity index (χ1v) is 14.9. The first-order chi connectivity index (χ1) is 21.8. The zero-order chi connectivity index (χ0) is 29.0. The predicted octanol–water partition coefficient (Wildman–Crippen LogP) is 9.80. The van der Waals surface area contributed by atoms with E-state index in [0.717, 1.165) is 66.6 Å². The second-order valence-corrected chi connectivity index (χ2v) is 11.2. The van der Waals surface area contributed by atoms with E-state index in [1.165, 1.54) is 5.39 Å². The van der Waals surface area contributed by atoms with E-state index in [1.54, 1.807) is 0 Å². The molecule has 5 heteroatoms. The van der Waals surface area contributed by atoms with Gasteiger partial charge in [0.2, 0.25) is 0 Å². The van der Waals surface area contributed by atoms with E-state index in [-0.39, 0.29) is 12.3 Å². The Morgan fingerprint density at radius 1 is 0.591 bits per heavy atom. The van der Waals surface area contributed by atoms with E-state index >= 15 is 0 Å². The lowest BCUT2D eigenvalue weighted by Gasteiger charge is -2.43. The number of rotatable bonds is 4. The molecule has 1 aliphatic rings. The molecule has 0 bridgehead atoms. The molecule has 5 nitrogen and oxygen atoms in total. The van der Waals surface area contributed by atoms with Gasteiger partial charge in [-0.15, -0.1) is 0 Å². The Kier molecular flexibility index (Phi) is 5.64. The maximum absolute atomic E-state index is 6.94. The van der Waals surface area contributed by atoms with Gasteiger partial charge in [-0.25, -0.2) is 0 Å². The van der Waals surface area contributed by atoms with Gasteiger partial charge in [-0.2, -0.15) is 0 Å². The molecular weight excluding hydrogens is 540 g/mol. The fourth-order valence-electron chi connectivity index (χ4n) is 6.60. The lowest BCUT2D eigenvalue weighted by molar-refractivity contribution is 0.612. The molecule has 44 heavy (non-hydrogen) atoms. The highest BCUT2D eigenvalue weighted by atomic mass is 16.3. The van der Waals surface area contributed by atoms with Crippen molar-refractivity contribution in [3.05, 3.63) is 168 Å². The van der Waals surface area contributed by atoms with Crippen molar-refractivity contribution in [2.24, 2.45) is 4.99 Å². The van der Waals surface area contributed by atoms with Gasteiger partial charge in [0.1, 0.15) is 17.0 Å². The Bertz CT molecular complexity index is 2340. The van der Waals surface area contributed by atoms with Crippen molar-refractivity contribution in [2.75, 3.05) is 0 Å². The van der Waals surface area contributed by atoms with Crippen molar-refractivity contribution < 1.29 is 4.42 Å². The molecule has 8 aromatic rings. The summed E-state index contributed by atoms with van der Waals surface area (Å²) in [7, 11) is 0. The van der Waals surface area contributed by atoms with Gasteiger partial charge < -0.3 is 19.6 Å². The van der Waals surface area contributed by atoms with Crippen molar-refractivity contribution in [1.82, 2.24) is 9.88 Å². The molecule has 0 saturated heterocycles. The molecule has 0 saturated carbocycles. The summed E-state index contributed by atoms with van der Waals surface area (Å²) in [6, 6.07) is 50.4. The van der Waals surface area contributed by atoms with Crippen LogP contribution in [0.5, 0.6) is 0 Å². The SMILES string of the molecule is c1ccc(C2=NC(c3ccccc3)[N-]C(c3cccc4c3oc3c4ccc4c3c3ccccc3n4-c3ccccc3)N2)cc1. The highest BCUT2D eigenvalue weighted by molar-refractivity contribution is 6.24. The van der Waals surface area contributed by atoms with Gasteiger partial charge in [0.15, 0.2) is 0 Å². The maximum atomic E-state index is 6.94. The van der Waals surface area contributed by atoms with Crippen LogP contribution in [0.1, 0.15) is 29.0 Å². The second kappa shape index (κ2) is 9.97. The van der Waals surface area contributed by atoms with E-state index in [4.69, 9.17) is 14.7 Å². The van der Waals surface area contributed by atoms with E-state index in [0.29, 0.717) is 0 Å². The number of aliphatic imine (C=N–C) groups is 1. The minimum absolute atomic E-state index is 0.340. The van der Waals surface area contributed by atoms with Crippen molar-refractivity contribution in [3.8, 4) is 5.69 Å². The molecule has 0 spiro atoms. The third kappa shape index (κ3) is 3.87. The van der Waals surface area contributed by atoms with E-state index in [1.807, 2.05) is 36.4 Å². The van der Waals surface area contributed by atoms with Gasteiger partial charge in [-0.3, -0.25) is 4.99 Å². The van der Waals surface area contributed by atoms with Crippen molar-refractivity contribution in [3.63, 3.8) is 0 Å². The third-order valence-corrected chi connectivity index (χ3v) is 8.60. The number of nitrogens with zero attached hydrogens (tertiary/aromatic N) is 3. The molecule has 0 amide bonds. The number of hydrogen-bond donors (Lipinski definition) is 1. The summed E-state index contributed by atoms with van der Waals surface area (Å²) < 4.78 is 9.26. The average molecular weight is 568 g/mol. The molecule has 1 aliphatic heterocycles. The number of furan rings is 1. The van der Waals surface area contributed by atoms with Crippen LogP contribution in [0.15, 0.2) is 155 Å². The lowest BCUT2D eigenvalue weighted by Crippen LogP contribution is -2.34. The molecule has 1 N–H and O–H groups in total. The normalized spacial score (nSPS) is 16.9. The topological polar surface area (TPSA) is 56.6 Å². The lowest BCUT2D eigenvalue weighted by atomic mass is 10.0. The monoisotopic (exact) mass is 567 g/mol. The Balaban J connectivity index is 1.25. The Morgan fingerprint density at radius 2 is 1.27 bits per heavy atom. The van der Waals surface area contributed by atoms with Crippen molar-refractivity contribution >= 4 is 49.6 Å². The number of nitrogens with one attached hydrogen (secondary N) is 1. The minimum Gasteiger partial charge on any atom is -0.613 e. The zero-order valence-corrected chi connectivity index (χ0v) is 23.8. The molecule has 2 atom stereocenters. The predicted molar refractivity (Wildman–Crippen MR) is 179 cm³/mol. The summed E-state index contributed by atoms with van der Waals surface area (Å²) in [5.41, 5.74) is 8.20. The molecule has 0 aliphatic carbocycles. The number of para-hydroxylation sites is 3. The first-order valence-electron chi connectivity index (χ1n) is 14.9. The molecule has 2 aromatic heterocycles. The average Bonchev–Trinajstić information content (AvgIpc) is 3.65. The van der Waals surface area contributed by atoms with Crippen LogP contribution in [0.4, 0.5) is 0 Å². The molecule has 9 rings (SSSR count). The number of benzene rings is 6. The number of fused-ring (bicyclic) bond motifs is 7. The Labute approximate surface area is 254 Å². The summed E-state index contributed by atoms with van der Waals surface area (Å²) in [4.78, 5) is 5.03. The summed E-state index contributed by atoms with van der Waals surface area (Å²) in [6.45, 7) is 0.